The third-order valence-corrected chi connectivity index (χ3v) is 5.02. The van der Waals surface area contributed by atoms with E-state index in [1.54, 1.807) is 0 Å². The molecule has 1 aromatic carbocycles. The number of thioether (sulfide) groups is 1. The van der Waals surface area contributed by atoms with E-state index in [0.29, 0.717) is 6.42 Å². The van der Waals surface area contributed by atoms with Crippen LogP contribution in [0, 0.1) is 34.6 Å². The van der Waals surface area contributed by atoms with Gasteiger partial charge in [0.15, 0.2) is 11.8 Å². The summed E-state index contributed by atoms with van der Waals surface area (Å²) >= 11 is 1.49. The number of hydrogen-bond donors (Lipinski definition) is 1. The van der Waals surface area contributed by atoms with E-state index in [0.717, 1.165) is 44.5 Å². The molecule has 28 heavy (non-hydrogen) atoms. The molecule has 0 spiro atoms. The molecule has 0 fully saturated rings. The van der Waals surface area contributed by atoms with E-state index in [2.05, 4.69) is 15.3 Å². The van der Waals surface area contributed by atoms with Crippen LogP contribution in [0.2, 0.25) is 0 Å². The van der Waals surface area contributed by atoms with Crippen LogP contribution < -0.4 is 5.32 Å². The topological polar surface area (TPSA) is 81.2 Å². The van der Waals surface area contributed by atoms with Crippen molar-refractivity contribution in [1.29, 1.82) is 0 Å². The van der Waals surface area contributed by atoms with Gasteiger partial charge in [-0.25, -0.2) is 9.97 Å². The lowest BCUT2D eigenvalue weighted by molar-refractivity contribution is -0.147. The fourth-order valence-corrected chi connectivity index (χ4v) is 3.62. The van der Waals surface area contributed by atoms with Gasteiger partial charge in [0.1, 0.15) is 0 Å². The van der Waals surface area contributed by atoms with Gasteiger partial charge in [-0.3, -0.25) is 9.59 Å². The molecule has 0 aliphatic carbocycles. The molecule has 1 heterocycles. The molecule has 2 rings (SSSR count). The van der Waals surface area contributed by atoms with Crippen molar-refractivity contribution in [3.05, 3.63) is 45.8 Å². The molecule has 1 N–H and O–H groups in total. The van der Waals surface area contributed by atoms with Crippen molar-refractivity contribution in [2.24, 2.45) is 0 Å². The Morgan fingerprint density at radius 3 is 2.14 bits per heavy atom. The third kappa shape index (κ3) is 5.79. The highest BCUT2D eigenvalue weighted by Gasteiger charge is 2.14. The van der Waals surface area contributed by atoms with Crippen LogP contribution >= 0.6 is 11.8 Å². The highest BCUT2D eigenvalue weighted by Crippen LogP contribution is 2.22. The Kier molecular flexibility index (Phi) is 7.57. The van der Waals surface area contributed by atoms with Gasteiger partial charge in [0.25, 0.3) is 5.91 Å². The van der Waals surface area contributed by atoms with Crippen molar-refractivity contribution in [2.45, 2.75) is 52.6 Å². The van der Waals surface area contributed by atoms with Crippen LogP contribution in [-0.4, -0.2) is 34.7 Å². The number of ether oxygens (including phenoxy) is 1. The van der Waals surface area contributed by atoms with Crippen LogP contribution in [0.3, 0.4) is 0 Å². The molecule has 1 aromatic heterocycles. The second-order valence-electron chi connectivity index (χ2n) is 6.84. The number of hydrogen-bond acceptors (Lipinski definition) is 6. The molecular formula is C21H27N3O3S. The first-order valence-electron chi connectivity index (χ1n) is 9.12. The Morgan fingerprint density at radius 1 is 1.04 bits per heavy atom. The molecule has 2 aromatic rings. The third-order valence-electron chi connectivity index (χ3n) is 4.47. The monoisotopic (exact) mass is 401 g/mol. The Morgan fingerprint density at radius 2 is 1.61 bits per heavy atom. The number of rotatable bonds is 7. The van der Waals surface area contributed by atoms with Gasteiger partial charge in [-0.15, -0.1) is 0 Å². The van der Waals surface area contributed by atoms with Crippen LogP contribution in [0.15, 0.2) is 17.3 Å². The lowest BCUT2D eigenvalue weighted by Gasteiger charge is -2.13. The van der Waals surface area contributed by atoms with E-state index in [1.807, 2.05) is 53.0 Å². The number of carbonyl (C=O) groups excluding carboxylic acids is 2. The first-order valence-corrected chi connectivity index (χ1v) is 10.3. The molecule has 0 saturated heterocycles. The summed E-state index contributed by atoms with van der Waals surface area (Å²) in [6, 6.07) is 4.01. The van der Waals surface area contributed by atoms with Gasteiger partial charge in [-0.1, -0.05) is 29.5 Å². The molecule has 0 bridgehead atoms. The standard InChI is InChI=1S/C21H27N3O3S/c1-12-9-13(2)20(14(3)10-12)24-18(25)11-27-19(26)8-7-17-15(4)22-21(28-6)23-16(17)5/h9-10H,7-8,11H2,1-6H3,(H,24,25). The van der Waals surface area contributed by atoms with Crippen LogP contribution in [0.1, 0.15) is 40.1 Å². The summed E-state index contributed by atoms with van der Waals surface area (Å²) in [5.41, 5.74) is 6.56. The summed E-state index contributed by atoms with van der Waals surface area (Å²) in [5, 5.41) is 3.55. The molecule has 0 unspecified atom stereocenters. The zero-order valence-electron chi connectivity index (χ0n) is 17.3. The van der Waals surface area contributed by atoms with E-state index in [4.69, 9.17) is 4.74 Å². The first-order chi connectivity index (χ1) is 13.2. The second-order valence-corrected chi connectivity index (χ2v) is 7.62. The molecule has 1 amide bonds. The number of nitrogens with one attached hydrogen (secondary N) is 1. The number of amides is 1. The van der Waals surface area contributed by atoms with Gasteiger partial charge in [0.2, 0.25) is 0 Å². The molecular weight excluding hydrogens is 374 g/mol. The molecule has 0 aliphatic heterocycles. The number of benzene rings is 1. The summed E-state index contributed by atoms with van der Waals surface area (Å²) in [6.07, 6.45) is 2.60. The van der Waals surface area contributed by atoms with Crippen molar-refractivity contribution >= 4 is 29.3 Å². The minimum Gasteiger partial charge on any atom is -0.456 e. The second kappa shape index (κ2) is 9.68. The summed E-state index contributed by atoms with van der Waals surface area (Å²) in [7, 11) is 0. The summed E-state index contributed by atoms with van der Waals surface area (Å²) in [4.78, 5) is 33.0. The number of aryl methyl sites for hydroxylation is 5. The molecule has 150 valence electrons. The van der Waals surface area contributed by atoms with Gasteiger partial charge in [0, 0.05) is 23.5 Å². The van der Waals surface area contributed by atoms with Crippen LogP contribution in [0.4, 0.5) is 5.69 Å². The molecule has 6 nitrogen and oxygen atoms in total. The summed E-state index contributed by atoms with van der Waals surface area (Å²) < 4.78 is 5.13. The number of anilines is 1. The lowest BCUT2D eigenvalue weighted by atomic mass is 10.1. The smallest absolute Gasteiger partial charge is 0.306 e. The van der Waals surface area contributed by atoms with E-state index in [1.165, 1.54) is 11.8 Å². The van der Waals surface area contributed by atoms with Gasteiger partial charge >= 0.3 is 5.97 Å². The maximum Gasteiger partial charge on any atom is 0.306 e. The number of nitrogens with zero attached hydrogens (tertiary/aromatic N) is 2. The molecule has 0 atom stereocenters. The van der Waals surface area contributed by atoms with Gasteiger partial charge in [-0.2, -0.15) is 0 Å². The van der Waals surface area contributed by atoms with Crippen molar-refractivity contribution in [3.8, 4) is 0 Å². The highest BCUT2D eigenvalue weighted by molar-refractivity contribution is 7.98. The number of carbonyl (C=O) groups is 2. The van der Waals surface area contributed by atoms with Gasteiger partial charge < -0.3 is 10.1 Å². The Bertz CT molecular complexity index is 850. The van der Waals surface area contributed by atoms with Crippen molar-refractivity contribution in [2.75, 3.05) is 18.2 Å². The van der Waals surface area contributed by atoms with Crippen molar-refractivity contribution in [1.82, 2.24) is 9.97 Å². The normalized spacial score (nSPS) is 10.6. The average molecular weight is 402 g/mol. The summed E-state index contributed by atoms with van der Waals surface area (Å²) in [6.45, 7) is 9.42. The fourth-order valence-electron chi connectivity index (χ4n) is 3.16. The fraction of sp³-hybridized carbons (Fsp3) is 0.429. The average Bonchev–Trinajstić information content (AvgIpc) is 2.62. The van der Waals surface area contributed by atoms with E-state index < -0.39 is 5.97 Å². The highest BCUT2D eigenvalue weighted by atomic mass is 32.2. The summed E-state index contributed by atoms with van der Waals surface area (Å²) in [5.74, 6) is -0.760. The van der Waals surface area contributed by atoms with E-state index in [-0.39, 0.29) is 18.9 Å². The quantitative estimate of drug-likeness (QED) is 0.431. The molecule has 0 saturated carbocycles. The van der Waals surface area contributed by atoms with E-state index >= 15 is 0 Å². The van der Waals surface area contributed by atoms with Crippen LogP contribution in [0.5, 0.6) is 0 Å². The van der Waals surface area contributed by atoms with Gasteiger partial charge in [0.05, 0.1) is 0 Å². The number of aromatic nitrogens is 2. The SMILES string of the molecule is CSc1nc(C)c(CCC(=O)OCC(=O)Nc2c(C)cc(C)cc2C)c(C)n1. The predicted octanol–water partition coefficient (Wildman–Crippen LogP) is 3.86. The zero-order chi connectivity index (χ0) is 20.8. The van der Waals surface area contributed by atoms with Crippen LogP contribution in [-0.2, 0) is 20.7 Å². The molecule has 0 aliphatic rings. The molecule has 7 heteroatoms. The van der Waals surface area contributed by atoms with Gasteiger partial charge in [-0.05, 0) is 64.0 Å². The largest absolute Gasteiger partial charge is 0.456 e. The minimum atomic E-state index is -0.416. The maximum atomic E-state index is 12.1. The molecule has 0 radical (unpaired) electrons. The van der Waals surface area contributed by atoms with Crippen molar-refractivity contribution in [3.63, 3.8) is 0 Å². The predicted molar refractivity (Wildman–Crippen MR) is 112 cm³/mol. The Hall–Kier alpha value is -2.41. The van der Waals surface area contributed by atoms with Crippen LogP contribution in [0.25, 0.3) is 0 Å². The maximum absolute atomic E-state index is 12.1. The lowest BCUT2D eigenvalue weighted by Crippen LogP contribution is -2.22. The number of esters is 1. The Labute approximate surface area is 170 Å². The van der Waals surface area contributed by atoms with E-state index in [9.17, 15) is 9.59 Å². The minimum absolute atomic E-state index is 0.180. The zero-order valence-corrected chi connectivity index (χ0v) is 18.1. The Balaban J connectivity index is 1.87. The van der Waals surface area contributed by atoms with Crippen molar-refractivity contribution < 1.29 is 14.3 Å². The first kappa shape index (κ1) is 21.9.